The number of benzene rings is 2. The number of carbonyl (C=O) groups is 1. The highest BCUT2D eigenvalue weighted by atomic mass is 16.6. The number of carbonyl (C=O) groups excluding carboxylic acids is 1. The summed E-state index contributed by atoms with van der Waals surface area (Å²) in [4.78, 5) is 25.1. The Labute approximate surface area is 149 Å². The van der Waals surface area contributed by atoms with E-state index >= 15 is 0 Å². The number of para-hydroxylation sites is 1. The number of non-ortho nitro benzene ring substituents is 1. The van der Waals surface area contributed by atoms with Gasteiger partial charge in [-0.1, -0.05) is 18.2 Å². The Morgan fingerprint density at radius 1 is 1.15 bits per heavy atom. The molecule has 0 bridgehead atoms. The number of fused-ring (bicyclic) bond motifs is 3. The average Bonchev–Trinajstić information content (AvgIpc) is 2.95. The van der Waals surface area contributed by atoms with Crippen LogP contribution in [0.5, 0.6) is 0 Å². The minimum absolute atomic E-state index is 0.0325. The molecule has 0 N–H and O–H groups in total. The molecule has 0 atom stereocenters. The topological polar surface area (TPSA) is 81.3 Å². The number of aryl methyl sites for hydroxylation is 1. The standard InChI is InChI=1S/C19H16N4O3/c1-21-12-14-10-11-22(17-5-3-2-4-16(17)18(14)20-21)19(24)13-6-8-15(9-7-13)23(25)26/h2-9,12H,10-11H2,1H3. The van der Waals surface area contributed by atoms with E-state index in [1.165, 1.54) is 24.3 Å². The van der Waals surface area contributed by atoms with Crippen molar-refractivity contribution in [2.24, 2.45) is 7.05 Å². The lowest BCUT2D eigenvalue weighted by Gasteiger charge is -2.23. The zero-order valence-corrected chi connectivity index (χ0v) is 14.1. The van der Waals surface area contributed by atoms with Crippen LogP contribution in [0.25, 0.3) is 11.3 Å². The molecule has 3 aromatic rings. The molecule has 2 heterocycles. The van der Waals surface area contributed by atoms with E-state index in [9.17, 15) is 14.9 Å². The van der Waals surface area contributed by atoms with Gasteiger partial charge in [-0.2, -0.15) is 5.10 Å². The summed E-state index contributed by atoms with van der Waals surface area (Å²) in [7, 11) is 1.89. The maximum atomic E-state index is 13.1. The van der Waals surface area contributed by atoms with Gasteiger partial charge in [0.25, 0.3) is 11.6 Å². The normalized spacial score (nSPS) is 12.9. The molecule has 26 heavy (non-hydrogen) atoms. The van der Waals surface area contributed by atoms with Crippen LogP contribution in [0.2, 0.25) is 0 Å². The second kappa shape index (κ2) is 6.11. The second-order valence-electron chi connectivity index (χ2n) is 6.20. The number of nitrogens with zero attached hydrogens (tertiary/aromatic N) is 4. The lowest BCUT2D eigenvalue weighted by molar-refractivity contribution is -0.384. The Morgan fingerprint density at radius 3 is 2.62 bits per heavy atom. The van der Waals surface area contributed by atoms with Crippen LogP contribution >= 0.6 is 0 Å². The van der Waals surface area contributed by atoms with Crippen LogP contribution in [-0.4, -0.2) is 27.2 Å². The van der Waals surface area contributed by atoms with Crippen LogP contribution in [0.4, 0.5) is 11.4 Å². The fraction of sp³-hybridized carbons (Fsp3) is 0.158. The molecule has 7 heteroatoms. The molecule has 4 rings (SSSR count). The zero-order chi connectivity index (χ0) is 18.3. The first-order valence-corrected chi connectivity index (χ1v) is 8.23. The third kappa shape index (κ3) is 2.63. The number of anilines is 1. The van der Waals surface area contributed by atoms with Gasteiger partial charge >= 0.3 is 0 Å². The largest absolute Gasteiger partial charge is 0.307 e. The van der Waals surface area contributed by atoms with Crippen molar-refractivity contribution < 1.29 is 9.72 Å². The van der Waals surface area contributed by atoms with Crippen molar-refractivity contribution in [3.05, 3.63) is 76.0 Å². The molecule has 0 aliphatic carbocycles. The van der Waals surface area contributed by atoms with E-state index in [0.29, 0.717) is 18.5 Å². The van der Waals surface area contributed by atoms with Crippen molar-refractivity contribution in [1.82, 2.24) is 9.78 Å². The quantitative estimate of drug-likeness (QED) is 0.526. The third-order valence-corrected chi connectivity index (χ3v) is 4.53. The molecule has 0 fully saturated rings. The molecule has 1 amide bonds. The van der Waals surface area contributed by atoms with Crippen LogP contribution in [-0.2, 0) is 13.5 Å². The van der Waals surface area contributed by atoms with Crippen molar-refractivity contribution >= 4 is 17.3 Å². The molecule has 130 valence electrons. The van der Waals surface area contributed by atoms with Gasteiger partial charge in [0.2, 0.25) is 0 Å². The Morgan fingerprint density at radius 2 is 1.88 bits per heavy atom. The van der Waals surface area contributed by atoms with Crippen LogP contribution in [0.15, 0.2) is 54.7 Å². The average molecular weight is 348 g/mol. The van der Waals surface area contributed by atoms with E-state index in [4.69, 9.17) is 0 Å². The van der Waals surface area contributed by atoms with Gasteiger partial charge in [0, 0.05) is 43.0 Å². The summed E-state index contributed by atoms with van der Waals surface area (Å²) in [5, 5.41) is 15.4. The van der Waals surface area contributed by atoms with Gasteiger partial charge in [0.15, 0.2) is 0 Å². The van der Waals surface area contributed by atoms with Gasteiger partial charge in [0.1, 0.15) is 0 Å². The highest BCUT2D eigenvalue weighted by Gasteiger charge is 2.26. The second-order valence-corrected chi connectivity index (χ2v) is 6.20. The fourth-order valence-corrected chi connectivity index (χ4v) is 3.30. The van der Waals surface area contributed by atoms with Gasteiger partial charge in [-0.3, -0.25) is 19.6 Å². The van der Waals surface area contributed by atoms with Crippen LogP contribution in [0.3, 0.4) is 0 Å². The number of nitro groups is 1. The van der Waals surface area contributed by atoms with Crippen LogP contribution in [0, 0.1) is 10.1 Å². The molecule has 0 unspecified atom stereocenters. The van der Waals surface area contributed by atoms with Gasteiger partial charge < -0.3 is 4.90 Å². The molecule has 7 nitrogen and oxygen atoms in total. The number of hydrogen-bond acceptors (Lipinski definition) is 4. The Kier molecular flexibility index (Phi) is 3.76. The van der Waals surface area contributed by atoms with Crippen LogP contribution in [0.1, 0.15) is 15.9 Å². The van der Waals surface area contributed by atoms with Gasteiger partial charge in [-0.15, -0.1) is 0 Å². The predicted octanol–water partition coefficient (Wildman–Crippen LogP) is 3.20. The van der Waals surface area contributed by atoms with Gasteiger partial charge in [-0.25, -0.2) is 0 Å². The Balaban J connectivity index is 1.75. The number of nitro benzene ring substituents is 1. The summed E-state index contributed by atoms with van der Waals surface area (Å²) in [6.45, 7) is 0.519. The van der Waals surface area contributed by atoms with Crippen molar-refractivity contribution in [3.8, 4) is 11.3 Å². The summed E-state index contributed by atoms with van der Waals surface area (Å²) in [6, 6.07) is 13.4. The summed E-state index contributed by atoms with van der Waals surface area (Å²) in [6.07, 6.45) is 2.67. The molecule has 1 aromatic heterocycles. The lowest BCUT2D eigenvalue weighted by atomic mass is 10.1. The highest BCUT2D eigenvalue weighted by molar-refractivity contribution is 6.08. The van der Waals surface area contributed by atoms with E-state index in [2.05, 4.69) is 5.10 Å². The minimum Gasteiger partial charge on any atom is -0.307 e. The van der Waals surface area contributed by atoms with Gasteiger partial charge in [-0.05, 0) is 30.2 Å². The van der Waals surface area contributed by atoms with Crippen LogP contribution < -0.4 is 4.90 Å². The molecule has 0 saturated heterocycles. The molecule has 2 aromatic carbocycles. The first-order chi connectivity index (χ1) is 12.5. The van der Waals surface area contributed by atoms with Crippen molar-refractivity contribution in [2.45, 2.75) is 6.42 Å². The first kappa shape index (κ1) is 16.0. The van der Waals surface area contributed by atoms with Crippen molar-refractivity contribution in [3.63, 3.8) is 0 Å². The fourth-order valence-electron chi connectivity index (χ4n) is 3.30. The molecule has 1 aliphatic heterocycles. The van der Waals surface area contributed by atoms with Crippen molar-refractivity contribution in [2.75, 3.05) is 11.4 Å². The predicted molar refractivity (Wildman–Crippen MR) is 97.1 cm³/mol. The molecule has 1 aliphatic rings. The maximum absolute atomic E-state index is 13.1. The number of hydrogen-bond donors (Lipinski definition) is 0. The Bertz CT molecular complexity index is 1010. The molecular weight excluding hydrogens is 332 g/mol. The molecule has 0 spiro atoms. The third-order valence-electron chi connectivity index (χ3n) is 4.53. The SMILES string of the molecule is Cn1cc2c(n1)-c1ccccc1N(C(=O)c1ccc([N+](=O)[O-])cc1)CC2. The summed E-state index contributed by atoms with van der Waals surface area (Å²) in [5.74, 6) is -0.179. The highest BCUT2D eigenvalue weighted by Crippen LogP contribution is 2.35. The first-order valence-electron chi connectivity index (χ1n) is 8.23. The van der Waals surface area contributed by atoms with E-state index in [1.807, 2.05) is 37.5 Å². The number of rotatable bonds is 2. The summed E-state index contributed by atoms with van der Waals surface area (Å²) < 4.78 is 1.79. The van der Waals surface area contributed by atoms with E-state index < -0.39 is 4.92 Å². The monoisotopic (exact) mass is 348 g/mol. The summed E-state index contributed by atoms with van der Waals surface area (Å²) in [5.41, 5.74) is 4.09. The number of aromatic nitrogens is 2. The smallest absolute Gasteiger partial charge is 0.269 e. The molecular formula is C19H16N4O3. The molecule has 0 saturated carbocycles. The lowest BCUT2D eigenvalue weighted by Crippen LogP contribution is -2.32. The van der Waals surface area contributed by atoms with E-state index in [0.717, 1.165) is 22.5 Å². The Hall–Kier alpha value is -3.48. The van der Waals surface area contributed by atoms with E-state index in [1.54, 1.807) is 9.58 Å². The molecule has 0 radical (unpaired) electrons. The maximum Gasteiger partial charge on any atom is 0.269 e. The summed E-state index contributed by atoms with van der Waals surface area (Å²) >= 11 is 0. The zero-order valence-electron chi connectivity index (χ0n) is 14.1. The number of amides is 1. The minimum atomic E-state index is -0.474. The van der Waals surface area contributed by atoms with E-state index in [-0.39, 0.29) is 11.6 Å². The van der Waals surface area contributed by atoms with Crippen molar-refractivity contribution in [1.29, 1.82) is 0 Å². The van der Waals surface area contributed by atoms with Gasteiger partial charge in [0.05, 0.1) is 16.3 Å².